The predicted octanol–water partition coefficient (Wildman–Crippen LogP) is -1.39. The van der Waals surface area contributed by atoms with Gasteiger partial charge in [-0.2, -0.15) is 11.8 Å². The Labute approximate surface area is 92.2 Å². The first kappa shape index (κ1) is 12.3. The molecule has 0 bridgehead atoms. The first-order chi connectivity index (χ1) is 7.18. The van der Waals surface area contributed by atoms with Crippen molar-refractivity contribution in [3.8, 4) is 0 Å². The van der Waals surface area contributed by atoms with Crippen LogP contribution in [0.1, 0.15) is 6.42 Å². The maximum Gasteiger partial charge on any atom is 0.246 e. The Morgan fingerprint density at radius 2 is 2.40 bits per heavy atom. The van der Waals surface area contributed by atoms with Crippen molar-refractivity contribution in [3.05, 3.63) is 0 Å². The van der Waals surface area contributed by atoms with Gasteiger partial charge < -0.3 is 11.1 Å². The highest BCUT2D eigenvalue weighted by atomic mass is 32.2. The van der Waals surface area contributed by atoms with Crippen molar-refractivity contribution >= 4 is 23.6 Å². The number of primary amides is 1. The summed E-state index contributed by atoms with van der Waals surface area (Å²) >= 11 is 1.82. The molecule has 2 amide bonds. The summed E-state index contributed by atoms with van der Waals surface area (Å²) in [4.78, 5) is 26.1. The Morgan fingerprint density at radius 3 is 3.00 bits per heavy atom. The Morgan fingerprint density at radius 1 is 1.60 bits per heavy atom. The highest BCUT2D eigenvalue weighted by Crippen LogP contribution is 2.09. The van der Waals surface area contributed by atoms with Crippen LogP contribution < -0.4 is 16.5 Å². The Kier molecular flexibility index (Phi) is 5.44. The largest absolute Gasteiger partial charge is 0.368 e. The normalized spacial score (nSPS) is 20.9. The molecule has 0 aromatic rings. The second-order valence-corrected chi connectivity index (χ2v) is 4.36. The van der Waals surface area contributed by atoms with E-state index in [0.717, 1.165) is 18.1 Å². The monoisotopic (exact) mass is 233 g/mol. The summed E-state index contributed by atoms with van der Waals surface area (Å²) in [6.07, 6.45) is 0.353. The summed E-state index contributed by atoms with van der Waals surface area (Å²) in [5.74, 6) is 1.15. The molecule has 1 unspecified atom stereocenters. The third-order valence-electron chi connectivity index (χ3n) is 1.83. The van der Waals surface area contributed by atoms with Crippen LogP contribution in [-0.2, 0) is 14.4 Å². The Balaban J connectivity index is 2.09. The maximum atomic E-state index is 11.3. The molecule has 0 radical (unpaired) electrons. The zero-order valence-corrected chi connectivity index (χ0v) is 9.14. The molecular weight excluding hydrogens is 218 g/mol. The molecule has 1 heterocycles. The lowest BCUT2D eigenvalue weighted by Crippen LogP contribution is -2.41. The van der Waals surface area contributed by atoms with E-state index in [2.05, 4.69) is 15.6 Å². The summed E-state index contributed by atoms with van der Waals surface area (Å²) < 4.78 is 0. The Bertz CT molecular complexity index is 231. The maximum absolute atomic E-state index is 11.3. The molecule has 1 saturated heterocycles. The number of hydroxylamine groups is 1. The number of thioether (sulfide) groups is 1. The molecule has 86 valence electrons. The number of carbonyl (C=O) groups is 2. The van der Waals surface area contributed by atoms with Crippen LogP contribution in [0.15, 0.2) is 0 Å². The van der Waals surface area contributed by atoms with Gasteiger partial charge in [0.2, 0.25) is 11.8 Å². The van der Waals surface area contributed by atoms with Gasteiger partial charge in [-0.15, -0.1) is 0 Å². The molecule has 0 aromatic carbocycles. The minimum Gasteiger partial charge on any atom is -0.368 e. The fourth-order valence-electron chi connectivity index (χ4n) is 1.20. The van der Waals surface area contributed by atoms with Gasteiger partial charge in [-0.25, -0.2) is 5.48 Å². The molecule has 0 aliphatic carbocycles. The van der Waals surface area contributed by atoms with Crippen LogP contribution in [0.3, 0.4) is 0 Å². The lowest BCUT2D eigenvalue weighted by Gasteiger charge is -2.22. The van der Waals surface area contributed by atoms with Crippen LogP contribution in [-0.4, -0.2) is 42.5 Å². The van der Waals surface area contributed by atoms with Crippen molar-refractivity contribution in [2.45, 2.75) is 12.5 Å². The number of nitrogens with one attached hydrogen (secondary N) is 2. The number of amides is 2. The molecule has 0 aromatic heterocycles. The lowest BCUT2D eigenvalue weighted by molar-refractivity contribution is -0.138. The first-order valence-corrected chi connectivity index (χ1v) is 5.84. The molecule has 1 fully saturated rings. The summed E-state index contributed by atoms with van der Waals surface area (Å²) in [6.45, 7) is 0.628. The van der Waals surface area contributed by atoms with Gasteiger partial charge in [0.05, 0.1) is 0 Å². The summed E-state index contributed by atoms with van der Waals surface area (Å²) in [7, 11) is 0. The molecule has 0 spiro atoms. The van der Waals surface area contributed by atoms with Crippen LogP contribution in [0.25, 0.3) is 0 Å². The number of carbonyl (C=O) groups excluding carboxylic acids is 2. The third kappa shape index (κ3) is 5.60. The molecule has 7 heteroatoms. The van der Waals surface area contributed by atoms with E-state index in [1.54, 1.807) is 0 Å². The molecule has 4 N–H and O–H groups in total. The molecule has 6 nitrogen and oxygen atoms in total. The quantitative estimate of drug-likeness (QED) is 0.509. The predicted molar refractivity (Wildman–Crippen MR) is 57.0 cm³/mol. The molecular formula is C8H15N3O3S. The molecule has 1 atom stereocenters. The van der Waals surface area contributed by atoms with E-state index in [-0.39, 0.29) is 18.6 Å². The minimum absolute atomic E-state index is 0.181. The van der Waals surface area contributed by atoms with E-state index < -0.39 is 5.91 Å². The fraction of sp³-hybridized carbons (Fsp3) is 0.750. The van der Waals surface area contributed by atoms with Gasteiger partial charge >= 0.3 is 0 Å². The standard InChI is InChI=1S/C8H15N3O3S/c9-7(12)4-14-11-8(13)3-6-5-15-2-1-10-6/h6,10H,1-5H2,(H2,9,12)(H,11,13). The van der Waals surface area contributed by atoms with Crippen LogP contribution >= 0.6 is 11.8 Å². The van der Waals surface area contributed by atoms with Crippen LogP contribution in [0.4, 0.5) is 0 Å². The zero-order valence-electron chi connectivity index (χ0n) is 8.32. The van der Waals surface area contributed by atoms with E-state index in [9.17, 15) is 9.59 Å². The topological polar surface area (TPSA) is 93.5 Å². The smallest absolute Gasteiger partial charge is 0.246 e. The van der Waals surface area contributed by atoms with Gasteiger partial charge in [0.25, 0.3) is 0 Å². The Hall–Kier alpha value is -0.790. The summed E-state index contributed by atoms with van der Waals surface area (Å²) in [6, 6.07) is 0.181. The van der Waals surface area contributed by atoms with Crippen molar-refractivity contribution in [1.82, 2.24) is 10.8 Å². The summed E-state index contributed by atoms with van der Waals surface area (Å²) in [5.41, 5.74) is 7.00. The van der Waals surface area contributed by atoms with Crippen molar-refractivity contribution in [2.24, 2.45) is 5.73 Å². The van der Waals surface area contributed by atoms with Crippen molar-refractivity contribution in [3.63, 3.8) is 0 Å². The fourth-order valence-corrected chi connectivity index (χ4v) is 2.15. The lowest BCUT2D eigenvalue weighted by atomic mass is 10.2. The number of nitrogens with two attached hydrogens (primary N) is 1. The molecule has 1 rings (SSSR count). The van der Waals surface area contributed by atoms with E-state index in [0.29, 0.717) is 6.42 Å². The molecule has 15 heavy (non-hydrogen) atoms. The molecule has 1 aliphatic rings. The van der Waals surface area contributed by atoms with E-state index >= 15 is 0 Å². The highest BCUT2D eigenvalue weighted by Gasteiger charge is 2.16. The van der Waals surface area contributed by atoms with Crippen LogP contribution in [0.2, 0.25) is 0 Å². The minimum atomic E-state index is -0.610. The second-order valence-electron chi connectivity index (χ2n) is 3.21. The molecule has 0 saturated carbocycles. The SMILES string of the molecule is NC(=O)CONC(=O)CC1CSCCN1. The first-order valence-electron chi connectivity index (χ1n) is 4.68. The summed E-state index contributed by atoms with van der Waals surface area (Å²) in [5, 5.41) is 3.22. The van der Waals surface area contributed by atoms with Crippen molar-refractivity contribution in [2.75, 3.05) is 24.7 Å². The van der Waals surface area contributed by atoms with Crippen LogP contribution in [0.5, 0.6) is 0 Å². The average molecular weight is 233 g/mol. The van der Waals surface area contributed by atoms with Crippen molar-refractivity contribution in [1.29, 1.82) is 0 Å². The third-order valence-corrected chi connectivity index (χ3v) is 2.96. The van der Waals surface area contributed by atoms with Crippen molar-refractivity contribution < 1.29 is 14.4 Å². The van der Waals surface area contributed by atoms with E-state index in [4.69, 9.17) is 5.73 Å². The van der Waals surface area contributed by atoms with E-state index in [1.165, 1.54) is 0 Å². The van der Waals surface area contributed by atoms with Gasteiger partial charge in [0.1, 0.15) is 0 Å². The van der Waals surface area contributed by atoms with Gasteiger partial charge in [-0.3, -0.25) is 14.4 Å². The van der Waals surface area contributed by atoms with Gasteiger partial charge in [-0.1, -0.05) is 0 Å². The van der Waals surface area contributed by atoms with Gasteiger partial charge in [0, 0.05) is 30.5 Å². The van der Waals surface area contributed by atoms with Gasteiger partial charge in [0.15, 0.2) is 6.61 Å². The number of rotatable bonds is 5. The average Bonchev–Trinajstić information content (AvgIpc) is 2.18. The number of hydrogen-bond donors (Lipinski definition) is 3. The molecule has 1 aliphatic heterocycles. The van der Waals surface area contributed by atoms with Gasteiger partial charge in [-0.05, 0) is 0 Å². The second kappa shape index (κ2) is 6.65. The van der Waals surface area contributed by atoms with E-state index in [1.807, 2.05) is 11.8 Å². The van der Waals surface area contributed by atoms with Crippen LogP contribution in [0, 0.1) is 0 Å². The highest BCUT2D eigenvalue weighted by molar-refractivity contribution is 7.99. The zero-order chi connectivity index (χ0) is 11.1. The number of hydrogen-bond acceptors (Lipinski definition) is 5.